The van der Waals surface area contributed by atoms with Crippen LogP contribution in [0.25, 0.3) is 10.9 Å². The monoisotopic (exact) mass is 299 g/mol. The molecule has 0 unspecified atom stereocenters. The number of carbonyl (C=O) groups is 1. The summed E-state index contributed by atoms with van der Waals surface area (Å²) in [5.41, 5.74) is 0.742. The molecule has 0 bridgehead atoms. The van der Waals surface area contributed by atoms with Crippen LogP contribution < -0.4 is 10.9 Å². The number of hydrogen-bond donors (Lipinski definition) is 2. The molecule has 2 heterocycles. The van der Waals surface area contributed by atoms with Crippen LogP contribution in [0.15, 0.2) is 51.7 Å². The first-order valence-electron chi connectivity index (χ1n) is 6.21. The molecule has 0 saturated carbocycles. The van der Waals surface area contributed by atoms with Crippen LogP contribution in [-0.2, 0) is 0 Å². The quantitative estimate of drug-likeness (QED) is 0.568. The van der Waals surface area contributed by atoms with Crippen molar-refractivity contribution >= 4 is 28.4 Å². The molecule has 2 N–H and O–H groups in total. The number of carbonyl (C=O) groups excluding carboxylic acids is 1. The number of hydrogen-bond acceptors (Lipinski definition) is 5. The highest BCUT2D eigenvalue weighted by Gasteiger charge is 2.17. The maximum Gasteiger partial charge on any atom is 0.433 e. The summed E-state index contributed by atoms with van der Waals surface area (Å²) < 4.78 is 4.82. The molecule has 0 saturated heterocycles. The Morgan fingerprint density at radius 1 is 1.18 bits per heavy atom. The van der Waals surface area contributed by atoms with Crippen LogP contribution in [0.3, 0.4) is 0 Å². The number of aromatic nitrogens is 1. The van der Waals surface area contributed by atoms with Gasteiger partial charge in [-0.3, -0.25) is 19.7 Å². The predicted octanol–water partition coefficient (Wildman–Crippen LogP) is 2.28. The smallest absolute Gasteiger partial charge is 0.395 e. The average molecular weight is 299 g/mol. The Balaban J connectivity index is 1.86. The van der Waals surface area contributed by atoms with E-state index in [1.165, 1.54) is 12.1 Å². The molecule has 8 nitrogen and oxygen atoms in total. The maximum atomic E-state index is 12.0. The average Bonchev–Trinajstić information content (AvgIpc) is 2.97. The second-order valence-corrected chi connectivity index (χ2v) is 4.47. The van der Waals surface area contributed by atoms with Crippen LogP contribution in [0.2, 0.25) is 0 Å². The number of H-pyrrole nitrogens is 1. The Morgan fingerprint density at radius 2 is 1.95 bits per heavy atom. The Bertz CT molecular complexity index is 941. The van der Waals surface area contributed by atoms with Crippen molar-refractivity contribution in [2.24, 2.45) is 0 Å². The van der Waals surface area contributed by atoms with Crippen LogP contribution >= 0.6 is 0 Å². The van der Waals surface area contributed by atoms with Gasteiger partial charge in [-0.1, -0.05) is 6.07 Å². The molecule has 110 valence electrons. The van der Waals surface area contributed by atoms with Crippen molar-refractivity contribution in [3.63, 3.8) is 0 Å². The second kappa shape index (κ2) is 5.17. The summed E-state index contributed by atoms with van der Waals surface area (Å²) in [5.74, 6) is -1.30. The highest BCUT2D eigenvalue weighted by molar-refractivity contribution is 6.03. The van der Waals surface area contributed by atoms with E-state index in [9.17, 15) is 19.7 Å². The fraction of sp³-hybridized carbons (Fsp3) is 0. The lowest BCUT2D eigenvalue weighted by Gasteiger charge is -2.04. The summed E-state index contributed by atoms with van der Waals surface area (Å²) in [7, 11) is 0. The Labute approximate surface area is 122 Å². The summed E-state index contributed by atoms with van der Waals surface area (Å²) in [4.78, 5) is 35.7. The van der Waals surface area contributed by atoms with Crippen molar-refractivity contribution in [3.8, 4) is 0 Å². The van der Waals surface area contributed by atoms with Gasteiger partial charge in [-0.05, 0) is 29.7 Å². The molecule has 1 aromatic carbocycles. The van der Waals surface area contributed by atoms with Gasteiger partial charge in [0.15, 0.2) is 5.76 Å². The molecular formula is C14H9N3O5. The third-order valence-corrected chi connectivity index (χ3v) is 2.98. The van der Waals surface area contributed by atoms with Crippen molar-refractivity contribution < 1.29 is 14.1 Å². The van der Waals surface area contributed by atoms with Gasteiger partial charge in [-0.25, -0.2) is 0 Å². The number of amides is 1. The molecule has 8 heteroatoms. The number of fused-ring (bicyclic) bond motifs is 1. The fourth-order valence-corrected chi connectivity index (χ4v) is 1.97. The number of nitro groups is 1. The molecule has 0 aliphatic carbocycles. The summed E-state index contributed by atoms with van der Waals surface area (Å²) >= 11 is 0. The van der Waals surface area contributed by atoms with Crippen molar-refractivity contribution in [1.82, 2.24) is 4.98 Å². The number of nitrogens with one attached hydrogen (secondary N) is 2. The third-order valence-electron chi connectivity index (χ3n) is 2.98. The summed E-state index contributed by atoms with van der Waals surface area (Å²) in [6.07, 6.45) is 0. The van der Waals surface area contributed by atoms with Crippen LogP contribution in [0.4, 0.5) is 11.6 Å². The lowest BCUT2D eigenvalue weighted by molar-refractivity contribution is -0.402. The van der Waals surface area contributed by atoms with E-state index < -0.39 is 16.7 Å². The molecule has 0 aliphatic rings. The fourth-order valence-electron chi connectivity index (χ4n) is 1.97. The second-order valence-electron chi connectivity index (χ2n) is 4.47. The lowest BCUT2D eigenvalue weighted by atomic mass is 10.2. The van der Waals surface area contributed by atoms with Crippen LogP contribution in [0, 0.1) is 10.1 Å². The van der Waals surface area contributed by atoms with Crippen molar-refractivity contribution in [2.45, 2.75) is 0 Å². The van der Waals surface area contributed by atoms with Crippen molar-refractivity contribution in [3.05, 3.63) is 68.7 Å². The standard InChI is InChI=1S/C14H9N3O5/c18-12-5-2-8-1-3-9(7-10(8)16-12)15-14(19)11-4-6-13(22-11)17(20)21/h1-7H,(H,15,19)(H,16,18). The molecule has 22 heavy (non-hydrogen) atoms. The first-order valence-corrected chi connectivity index (χ1v) is 6.21. The SMILES string of the molecule is O=C(Nc1ccc2ccc(=O)[nH]c2c1)c1ccc([N+](=O)[O-])o1. The van der Waals surface area contributed by atoms with E-state index in [0.717, 1.165) is 11.5 Å². The minimum Gasteiger partial charge on any atom is -0.395 e. The predicted molar refractivity (Wildman–Crippen MR) is 77.9 cm³/mol. The Kier molecular flexibility index (Phi) is 3.18. The molecule has 0 fully saturated rings. The normalized spacial score (nSPS) is 10.5. The molecular weight excluding hydrogens is 290 g/mol. The number of aromatic amines is 1. The zero-order valence-corrected chi connectivity index (χ0v) is 11.0. The highest BCUT2D eigenvalue weighted by Crippen LogP contribution is 2.19. The van der Waals surface area contributed by atoms with Crippen LogP contribution in [0.1, 0.15) is 10.6 Å². The molecule has 3 aromatic rings. The summed E-state index contributed by atoms with van der Waals surface area (Å²) in [6.45, 7) is 0. The first-order chi connectivity index (χ1) is 10.5. The van der Waals surface area contributed by atoms with E-state index in [2.05, 4.69) is 10.3 Å². The molecule has 2 aromatic heterocycles. The number of anilines is 1. The van der Waals surface area contributed by atoms with Crippen molar-refractivity contribution in [2.75, 3.05) is 5.32 Å². The van der Waals surface area contributed by atoms with E-state index >= 15 is 0 Å². The van der Waals surface area contributed by atoms with Gasteiger partial charge in [0.25, 0.3) is 5.91 Å². The third kappa shape index (κ3) is 2.57. The number of benzene rings is 1. The van der Waals surface area contributed by atoms with Gasteiger partial charge in [-0.15, -0.1) is 0 Å². The molecule has 0 aliphatic heterocycles. The minimum atomic E-state index is -0.725. The van der Waals surface area contributed by atoms with E-state index in [0.29, 0.717) is 11.2 Å². The van der Waals surface area contributed by atoms with Gasteiger partial charge >= 0.3 is 5.88 Å². The Hall–Kier alpha value is -3.42. The maximum absolute atomic E-state index is 12.0. The van der Waals surface area contributed by atoms with Gasteiger partial charge in [-0.2, -0.15) is 0 Å². The number of furan rings is 1. The van der Waals surface area contributed by atoms with Gasteiger partial charge in [0.05, 0.1) is 11.6 Å². The van der Waals surface area contributed by atoms with Gasteiger partial charge < -0.3 is 14.7 Å². The van der Waals surface area contributed by atoms with Gasteiger partial charge in [0.1, 0.15) is 4.92 Å². The zero-order valence-electron chi connectivity index (χ0n) is 11.0. The van der Waals surface area contributed by atoms with E-state index in [4.69, 9.17) is 4.42 Å². The highest BCUT2D eigenvalue weighted by atomic mass is 16.6. The van der Waals surface area contributed by atoms with E-state index in [1.54, 1.807) is 24.3 Å². The largest absolute Gasteiger partial charge is 0.433 e. The van der Waals surface area contributed by atoms with Crippen LogP contribution in [-0.4, -0.2) is 15.8 Å². The molecule has 0 radical (unpaired) electrons. The topological polar surface area (TPSA) is 118 Å². The first kappa shape index (κ1) is 13.6. The van der Waals surface area contributed by atoms with Crippen molar-refractivity contribution in [1.29, 1.82) is 0 Å². The number of pyridine rings is 1. The van der Waals surface area contributed by atoms with E-state index in [-0.39, 0.29) is 11.3 Å². The Morgan fingerprint density at radius 3 is 2.68 bits per heavy atom. The van der Waals surface area contributed by atoms with Gasteiger partial charge in [0, 0.05) is 11.8 Å². The summed E-state index contributed by atoms with van der Waals surface area (Å²) in [6, 6.07) is 10.4. The molecule has 3 rings (SSSR count). The van der Waals surface area contributed by atoms with Crippen LogP contribution in [0.5, 0.6) is 0 Å². The summed E-state index contributed by atoms with van der Waals surface area (Å²) in [5, 5.41) is 13.9. The lowest BCUT2D eigenvalue weighted by Crippen LogP contribution is -2.11. The molecule has 0 spiro atoms. The van der Waals surface area contributed by atoms with E-state index in [1.807, 2.05) is 0 Å². The number of rotatable bonds is 3. The zero-order chi connectivity index (χ0) is 15.7. The molecule has 1 amide bonds. The number of nitrogens with zero attached hydrogens (tertiary/aromatic N) is 1. The molecule has 0 atom stereocenters. The minimum absolute atomic E-state index is 0.173. The van der Waals surface area contributed by atoms with Gasteiger partial charge in [0.2, 0.25) is 5.56 Å².